The summed E-state index contributed by atoms with van der Waals surface area (Å²) >= 11 is 0. The number of benzene rings is 4. The fourth-order valence-electron chi connectivity index (χ4n) is 7.11. The van der Waals surface area contributed by atoms with Gasteiger partial charge < -0.3 is 16.0 Å². The topological polar surface area (TPSA) is 195 Å². The highest BCUT2D eigenvalue weighted by Gasteiger charge is 2.35. The van der Waals surface area contributed by atoms with Crippen molar-refractivity contribution in [3.63, 3.8) is 0 Å². The van der Waals surface area contributed by atoms with Crippen molar-refractivity contribution in [2.24, 2.45) is 10.8 Å². The number of amides is 4. The third-order valence-corrected chi connectivity index (χ3v) is 10.6. The van der Waals surface area contributed by atoms with Gasteiger partial charge >= 0.3 is 6.18 Å². The van der Waals surface area contributed by atoms with E-state index in [0.717, 1.165) is 96.3 Å². The van der Waals surface area contributed by atoms with Gasteiger partial charge in [0.15, 0.2) is 0 Å². The molecule has 0 atom stereocenters. The lowest BCUT2D eigenvalue weighted by molar-refractivity contribution is -0.137. The first-order chi connectivity index (χ1) is 32.5. The van der Waals surface area contributed by atoms with Crippen LogP contribution in [0.2, 0.25) is 0 Å². The molecule has 0 saturated carbocycles. The Bertz CT molecular complexity index is 2700. The Morgan fingerprint density at radius 1 is 0.750 bits per heavy atom. The van der Waals surface area contributed by atoms with Crippen LogP contribution in [0.25, 0.3) is 11.1 Å². The Labute approximate surface area is 388 Å². The number of halogens is 5. The van der Waals surface area contributed by atoms with Crippen molar-refractivity contribution in [1.82, 2.24) is 45.6 Å². The lowest BCUT2D eigenvalue weighted by Crippen LogP contribution is -2.41. The molecule has 0 radical (unpaired) electrons. The largest absolute Gasteiger partial charge is 0.416 e. The summed E-state index contributed by atoms with van der Waals surface area (Å²) in [5.41, 5.74) is 8.86. The van der Waals surface area contributed by atoms with Crippen LogP contribution in [0.4, 0.5) is 22.0 Å². The minimum absolute atomic E-state index is 0.00286. The van der Waals surface area contributed by atoms with Gasteiger partial charge in [0.05, 0.1) is 50.4 Å². The second kappa shape index (κ2) is 23.2. The Hall–Kier alpha value is -7.64. The molecule has 68 heavy (non-hydrogen) atoms. The number of nitrogens with zero attached hydrogens (tertiary/aromatic N) is 8. The molecule has 0 aliphatic heterocycles. The van der Waals surface area contributed by atoms with Gasteiger partial charge in [0, 0.05) is 36.1 Å². The molecule has 6 rings (SSSR count). The minimum Gasteiger partial charge on any atom is -0.370 e. The fraction of sp³-hybridized carbons (Fsp3) is 0.312. The van der Waals surface area contributed by atoms with Crippen molar-refractivity contribution in [3.8, 4) is 11.1 Å². The Kier molecular flexibility index (Phi) is 17.0. The van der Waals surface area contributed by atoms with Gasteiger partial charge in [-0.2, -0.15) is 18.3 Å². The highest BCUT2D eigenvalue weighted by Crippen LogP contribution is 2.29. The molecule has 15 nitrogen and oxygen atoms in total. The zero-order valence-corrected chi connectivity index (χ0v) is 37.1. The number of alkyl halides is 5. The molecule has 0 bridgehead atoms. The molecule has 2 heterocycles. The number of hydrogen-bond donors (Lipinski definition) is 3. The lowest BCUT2D eigenvalue weighted by atomic mass is 10.0. The maximum atomic E-state index is 15.6. The monoisotopic (exact) mass is 939 g/mol. The molecule has 0 aliphatic carbocycles. The van der Waals surface area contributed by atoms with Gasteiger partial charge in [0.1, 0.15) is 11.4 Å². The number of hydrazone groups is 1. The normalized spacial score (nSPS) is 11.7. The van der Waals surface area contributed by atoms with Crippen molar-refractivity contribution in [2.75, 3.05) is 6.54 Å². The predicted molar refractivity (Wildman–Crippen MR) is 242 cm³/mol. The number of nitrogens with two attached hydrogens (primary N) is 1. The molecule has 0 aliphatic rings. The van der Waals surface area contributed by atoms with Crippen molar-refractivity contribution in [1.29, 1.82) is 0 Å². The van der Waals surface area contributed by atoms with Gasteiger partial charge in [-0.1, -0.05) is 104 Å². The van der Waals surface area contributed by atoms with E-state index in [1.54, 1.807) is 10.9 Å². The number of primary amides is 1. The average Bonchev–Trinajstić information content (AvgIpc) is 3.98. The average molecular weight is 940 g/mol. The van der Waals surface area contributed by atoms with Crippen LogP contribution in [0, 0.1) is 0 Å². The molecule has 0 fully saturated rings. The van der Waals surface area contributed by atoms with Gasteiger partial charge in [-0.25, -0.2) is 18.9 Å². The smallest absolute Gasteiger partial charge is 0.370 e. The van der Waals surface area contributed by atoms with Crippen molar-refractivity contribution < 1.29 is 41.1 Å². The van der Waals surface area contributed by atoms with Gasteiger partial charge in [-0.15, -0.1) is 10.2 Å². The van der Waals surface area contributed by atoms with E-state index in [2.05, 4.69) is 43.4 Å². The van der Waals surface area contributed by atoms with E-state index < -0.39 is 67.2 Å². The van der Waals surface area contributed by atoms with E-state index in [4.69, 9.17) is 5.73 Å². The standard InChI is InChI=1S/C48H50F5N11O4/c1-2-3-4-5-9-20-63-30-41(57-60-63)27-55-44(66)37-23-38(45(67)59-56-26-33-12-11-17-40(22-33)48(51,52)53)25-39(24-37)46(68)62(32-47(49,50)19-18-43(54)65)29-42-31-64(61-58-42)28-34-13-10-16-36(21-34)35-14-7-6-8-15-35/h6-8,10-17,21-26,30-31H,2-5,9,18-20,27-29,32H2,1H3,(H2,54,65)(H,55,66)(H,59,67)/b56-26+. The number of carbonyl (C=O) groups is 4. The molecule has 2 aromatic heterocycles. The summed E-state index contributed by atoms with van der Waals surface area (Å²) in [7, 11) is 0. The summed E-state index contributed by atoms with van der Waals surface area (Å²) in [4.78, 5) is 54.0. The molecule has 6 aromatic rings. The highest BCUT2D eigenvalue weighted by atomic mass is 19.4. The minimum atomic E-state index is -4.63. The van der Waals surface area contributed by atoms with Crippen LogP contribution in [-0.2, 0) is 37.1 Å². The zero-order valence-electron chi connectivity index (χ0n) is 37.1. The van der Waals surface area contributed by atoms with Crippen molar-refractivity contribution in [3.05, 3.63) is 154 Å². The van der Waals surface area contributed by atoms with E-state index in [-0.39, 0.29) is 41.0 Å². The molecule has 0 unspecified atom stereocenters. The van der Waals surface area contributed by atoms with Crippen LogP contribution in [0.1, 0.15) is 111 Å². The predicted octanol–water partition coefficient (Wildman–Crippen LogP) is 7.81. The first-order valence-corrected chi connectivity index (χ1v) is 21.9. The summed E-state index contributed by atoms with van der Waals surface area (Å²) in [6.45, 7) is 1.17. The molecular formula is C48H50F5N11O4. The molecule has 4 N–H and O–H groups in total. The number of unbranched alkanes of at least 4 members (excludes halogenated alkanes) is 4. The maximum Gasteiger partial charge on any atom is 0.416 e. The van der Waals surface area contributed by atoms with E-state index in [1.165, 1.54) is 16.9 Å². The Morgan fingerprint density at radius 2 is 1.43 bits per heavy atom. The molecule has 20 heteroatoms. The Balaban J connectivity index is 1.26. The van der Waals surface area contributed by atoms with Gasteiger partial charge in [0.2, 0.25) is 5.91 Å². The SMILES string of the molecule is CCCCCCCn1cc(CNC(=O)c2cc(C(=O)N/N=C/c3cccc(C(F)(F)F)c3)cc(C(=O)N(Cc3cn(Cc4cccc(-c5ccccc5)c4)nn3)CC(F)(F)CCC(N)=O)c2)nn1. The van der Waals surface area contributed by atoms with Gasteiger partial charge in [-0.05, 0) is 65.1 Å². The number of carbonyl (C=O) groups excluding carboxylic acids is 4. The lowest BCUT2D eigenvalue weighted by Gasteiger charge is -2.27. The third kappa shape index (κ3) is 14.9. The van der Waals surface area contributed by atoms with E-state index in [9.17, 15) is 32.3 Å². The Morgan fingerprint density at radius 3 is 2.18 bits per heavy atom. The van der Waals surface area contributed by atoms with E-state index in [1.807, 2.05) is 54.6 Å². The number of rotatable bonds is 23. The van der Waals surface area contributed by atoms with Crippen molar-refractivity contribution in [2.45, 2.75) is 90.1 Å². The van der Waals surface area contributed by atoms with Crippen LogP contribution in [0.3, 0.4) is 0 Å². The number of aryl methyl sites for hydroxylation is 1. The van der Waals surface area contributed by atoms with Gasteiger partial charge in [0.25, 0.3) is 23.6 Å². The van der Waals surface area contributed by atoms with Crippen molar-refractivity contribution >= 4 is 29.8 Å². The molecule has 4 aromatic carbocycles. The number of aromatic nitrogens is 6. The van der Waals surface area contributed by atoms with Crippen LogP contribution >= 0.6 is 0 Å². The summed E-state index contributed by atoms with van der Waals surface area (Å²) in [5, 5.41) is 23.0. The summed E-state index contributed by atoms with van der Waals surface area (Å²) in [6.07, 6.45) is 3.09. The third-order valence-electron chi connectivity index (χ3n) is 10.6. The number of nitrogens with one attached hydrogen (secondary N) is 2. The molecule has 4 amide bonds. The maximum absolute atomic E-state index is 15.6. The molecule has 0 saturated heterocycles. The number of hydrogen-bond acceptors (Lipinski definition) is 9. The first kappa shape index (κ1) is 49.8. The molecule has 356 valence electrons. The fourth-order valence-corrected chi connectivity index (χ4v) is 7.11. The summed E-state index contributed by atoms with van der Waals surface area (Å²) < 4.78 is 74.2. The second-order valence-electron chi connectivity index (χ2n) is 16.1. The molecular weight excluding hydrogens is 890 g/mol. The van der Waals surface area contributed by atoms with Crippen LogP contribution in [0.5, 0.6) is 0 Å². The van der Waals surface area contributed by atoms with Crippen LogP contribution in [-0.4, -0.2) is 77.2 Å². The van der Waals surface area contributed by atoms with Gasteiger partial charge in [-0.3, -0.25) is 23.9 Å². The van der Waals surface area contributed by atoms with Crippen LogP contribution in [0.15, 0.2) is 115 Å². The molecule has 0 spiro atoms. The summed E-state index contributed by atoms with van der Waals surface area (Å²) in [6, 6.07) is 24.9. The van der Waals surface area contributed by atoms with E-state index >= 15 is 8.78 Å². The van der Waals surface area contributed by atoms with E-state index in [0.29, 0.717) is 12.2 Å². The quantitative estimate of drug-likeness (QED) is 0.0250. The highest BCUT2D eigenvalue weighted by molar-refractivity contribution is 6.04. The first-order valence-electron chi connectivity index (χ1n) is 21.9. The summed E-state index contributed by atoms with van der Waals surface area (Å²) in [5.74, 6) is -7.42. The second-order valence-corrected chi connectivity index (χ2v) is 16.1. The zero-order chi connectivity index (χ0) is 48.7. The van der Waals surface area contributed by atoms with Crippen LogP contribution < -0.4 is 16.5 Å².